The Hall–Kier alpha value is -2.61. The van der Waals surface area contributed by atoms with Crippen LogP contribution < -0.4 is 10.1 Å². The fourth-order valence-corrected chi connectivity index (χ4v) is 3.65. The predicted octanol–water partition coefficient (Wildman–Crippen LogP) is 1.35. The summed E-state index contributed by atoms with van der Waals surface area (Å²) in [6.45, 7) is 6.20. The summed E-state index contributed by atoms with van der Waals surface area (Å²) in [5.74, 6) is 0.469. The molecule has 2 N–H and O–H groups in total. The molecule has 3 rings (SSSR count). The monoisotopic (exact) mass is 405 g/mol. The van der Waals surface area contributed by atoms with Crippen LogP contribution in [0.15, 0.2) is 24.3 Å². The van der Waals surface area contributed by atoms with Crippen molar-refractivity contribution in [2.45, 2.75) is 39.3 Å². The number of amides is 2. The molecule has 160 valence electrons. The van der Waals surface area contributed by atoms with E-state index in [0.717, 1.165) is 44.2 Å². The largest absolute Gasteiger partial charge is 0.497 e. The summed E-state index contributed by atoms with van der Waals surface area (Å²) in [6.07, 6.45) is 2.26. The molecule has 2 amide bonds. The van der Waals surface area contributed by atoms with Crippen molar-refractivity contribution < 1.29 is 24.2 Å². The molecule has 8 heteroatoms. The van der Waals surface area contributed by atoms with E-state index in [2.05, 4.69) is 5.32 Å². The smallest absolute Gasteiger partial charge is 0.300 e. The number of carbonyl (C=O) groups is 3. The molecule has 2 aliphatic heterocycles. The van der Waals surface area contributed by atoms with Crippen LogP contribution in [0.3, 0.4) is 0 Å². The number of piperidine rings is 1. The molecule has 0 aliphatic carbocycles. The molecule has 0 saturated carbocycles. The van der Waals surface area contributed by atoms with E-state index in [-0.39, 0.29) is 24.4 Å². The standard InChI is InChI=1S/C19H27N3O3.C2H4O2/c1-14-19(24)21(11-15-5-7-17(25-2)8-6-15)13-18(23)22(14)12-16-4-3-9-20-10-16;1-2(3)4/h5-8,14,16,20H,3-4,9-13H2,1-2H3;1H3,(H,3,4)/t14-,16-;/m0./s1. The van der Waals surface area contributed by atoms with Gasteiger partial charge in [0.2, 0.25) is 11.8 Å². The van der Waals surface area contributed by atoms with Crippen LogP contribution in [0.5, 0.6) is 5.75 Å². The number of carbonyl (C=O) groups excluding carboxylic acids is 2. The predicted molar refractivity (Wildman–Crippen MR) is 108 cm³/mol. The number of ether oxygens (including phenoxy) is 1. The van der Waals surface area contributed by atoms with Gasteiger partial charge >= 0.3 is 0 Å². The summed E-state index contributed by atoms with van der Waals surface area (Å²) in [4.78, 5) is 37.8. The Morgan fingerprint density at radius 1 is 1.28 bits per heavy atom. The molecule has 0 spiro atoms. The highest BCUT2D eigenvalue weighted by Gasteiger charge is 2.37. The van der Waals surface area contributed by atoms with Gasteiger partial charge in [-0.25, -0.2) is 0 Å². The normalized spacial score (nSPS) is 22.0. The Kier molecular flexibility index (Phi) is 8.45. The first-order chi connectivity index (χ1) is 13.8. The van der Waals surface area contributed by atoms with Crippen LogP contribution in [0.1, 0.15) is 32.3 Å². The number of carboxylic acids is 1. The Balaban J connectivity index is 0.000000687. The molecule has 2 saturated heterocycles. The SMILES string of the molecule is CC(=O)O.COc1ccc(CN2CC(=O)N(C[C@H]3CCCNC3)[C@@H](C)C2=O)cc1. The number of aliphatic carboxylic acids is 1. The van der Waals surface area contributed by atoms with Crippen LogP contribution in [-0.4, -0.2) is 72.0 Å². The summed E-state index contributed by atoms with van der Waals surface area (Å²) in [5.41, 5.74) is 0.999. The number of piperazine rings is 1. The van der Waals surface area contributed by atoms with Crippen LogP contribution in [0.25, 0.3) is 0 Å². The van der Waals surface area contributed by atoms with E-state index in [0.29, 0.717) is 19.0 Å². The van der Waals surface area contributed by atoms with Gasteiger partial charge in [0.05, 0.1) is 7.11 Å². The lowest BCUT2D eigenvalue weighted by atomic mass is 9.97. The van der Waals surface area contributed by atoms with Crippen LogP contribution in [0.4, 0.5) is 0 Å². The topological polar surface area (TPSA) is 99.2 Å². The zero-order valence-electron chi connectivity index (χ0n) is 17.4. The van der Waals surface area contributed by atoms with Gasteiger partial charge in [0.15, 0.2) is 0 Å². The highest BCUT2D eigenvalue weighted by Crippen LogP contribution is 2.20. The van der Waals surface area contributed by atoms with Crippen LogP contribution in [-0.2, 0) is 20.9 Å². The molecule has 2 atom stereocenters. The van der Waals surface area contributed by atoms with Gasteiger partial charge in [-0.1, -0.05) is 12.1 Å². The van der Waals surface area contributed by atoms with E-state index in [1.54, 1.807) is 16.9 Å². The minimum Gasteiger partial charge on any atom is -0.497 e. The summed E-state index contributed by atoms with van der Waals surface area (Å²) in [5, 5.41) is 10.8. The minimum atomic E-state index is -0.833. The van der Waals surface area contributed by atoms with Crippen molar-refractivity contribution in [2.75, 3.05) is 33.3 Å². The van der Waals surface area contributed by atoms with Gasteiger partial charge in [0.25, 0.3) is 5.97 Å². The zero-order valence-corrected chi connectivity index (χ0v) is 17.4. The Morgan fingerprint density at radius 3 is 2.48 bits per heavy atom. The van der Waals surface area contributed by atoms with E-state index < -0.39 is 5.97 Å². The number of nitrogens with one attached hydrogen (secondary N) is 1. The van der Waals surface area contributed by atoms with Crippen molar-refractivity contribution in [1.29, 1.82) is 0 Å². The van der Waals surface area contributed by atoms with Gasteiger partial charge in [0.1, 0.15) is 18.3 Å². The van der Waals surface area contributed by atoms with E-state index in [9.17, 15) is 9.59 Å². The summed E-state index contributed by atoms with van der Waals surface area (Å²) in [7, 11) is 1.62. The molecule has 0 bridgehead atoms. The van der Waals surface area contributed by atoms with Crippen LogP contribution in [0.2, 0.25) is 0 Å². The molecule has 0 unspecified atom stereocenters. The van der Waals surface area contributed by atoms with Gasteiger partial charge in [-0.05, 0) is 56.5 Å². The highest BCUT2D eigenvalue weighted by molar-refractivity contribution is 5.94. The molecule has 8 nitrogen and oxygen atoms in total. The van der Waals surface area contributed by atoms with Gasteiger partial charge in [-0.15, -0.1) is 0 Å². The number of hydrogen-bond donors (Lipinski definition) is 2. The number of rotatable bonds is 5. The highest BCUT2D eigenvalue weighted by atomic mass is 16.5. The maximum atomic E-state index is 12.7. The quantitative estimate of drug-likeness (QED) is 0.767. The first kappa shape index (κ1) is 22.7. The summed E-state index contributed by atoms with van der Waals surface area (Å²) in [6, 6.07) is 7.22. The minimum absolute atomic E-state index is 0.0270. The third kappa shape index (κ3) is 6.74. The number of carboxylic acid groups (broad SMARTS) is 1. The molecule has 1 aromatic carbocycles. The first-order valence-electron chi connectivity index (χ1n) is 9.93. The zero-order chi connectivity index (χ0) is 21.4. The molecule has 29 heavy (non-hydrogen) atoms. The van der Waals surface area contributed by atoms with Gasteiger partial charge in [0, 0.05) is 20.0 Å². The second kappa shape index (κ2) is 10.8. The number of nitrogens with zero attached hydrogens (tertiary/aromatic N) is 2. The lowest BCUT2D eigenvalue weighted by Gasteiger charge is -2.41. The molecule has 1 aromatic rings. The number of benzene rings is 1. The molecule has 2 fully saturated rings. The Bertz CT molecular complexity index is 697. The fourth-order valence-electron chi connectivity index (χ4n) is 3.65. The fraction of sp³-hybridized carbons (Fsp3) is 0.571. The number of methoxy groups -OCH3 is 1. The van der Waals surface area contributed by atoms with Crippen molar-refractivity contribution in [3.05, 3.63) is 29.8 Å². The van der Waals surface area contributed by atoms with Crippen molar-refractivity contribution in [1.82, 2.24) is 15.1 Å². The summed E-state index contributed by atoms with van der Waals surface area (Å²) < 4.78 is 5.15. The first-order valence-corrected chi connectivity index (χ1v) is 9.93. The van der Waals surface area contributed by atoms with Crippen molar-refractivity contribution in [3.8, 4) is 5.75 Å². The molecule has 0 radical (unpaired) electrons. The van der Waals surface area contributed by atoms with E-state index in [1.807, 2.05) is 31.2 Å². The average molecular weight is 405 g/mol. The molecular formula is C21H31N3O5. The van der Waals surface area contributed by atoms with Gasteiger partial charge < -0.3 is 25.0 Å². The average Bonchev–Trinajstić information content (AvgIpc) is 2.70. The van der Waals surface area contributed by atoms with E-state index in [4.69, 9.17) is 14.6 Å². The second-order valence-corrected chi connectivity index (χ2v) is 7.50. The molecule has 2 aliphatic rings. The van der Waals surface area contributed by atoms with Crippen molar-refractivity contribution in [3.63, 3.8) is 0 Å². The lowest BCUT2D eigenvalue weighted by Crippen LogP contribution is -2.59. The third-order valence-electron chi connectivity index (χ3n) is 5.17. The second-order valence-electron chi connectivity index (χ2n) is 7.50. The Labute approximate surface area is 171 Å². The van der Waals surface area contributed by atoms with Gasteiger partial charge in [-0.2, -0.15) is 0 Å². The maximum Gasteiger partial charge on any atom is 0.300 e. The summed E-state index contributed by atoms with van der Waals surface area (Å²) >= 11 is 0. The van der Waals surface area contributed by atoms with Gasteiger partial charge in [-0.3, -0.25) is 14.4 Å². The van der Waals surface area contributed by atoms with Crippen molar-refractivity contribution >= 4 is 17.8 Å². The Morgan fingerprint density at radius 2 is 1.93 bits per heavy atom. The molecular weight excluding hydrogens is 374 g/mol. The van der Waals surface area contributed by atoms with Crippen LogP contribution in [0, 0.1) is 5.92 Å². The third-order valence-corrected chi connectivity index (χ3v) is 5.17. The molecule has 0 aromatic heterocycles. The lowest BCUT2D eigenvalue weighted by molar-refractivity contribution is -0.156. The van der Waals surface area contributed by atoms with Crippen molar-refractivity contribution in [2.24, 2.45) is 5.92 Å². The van der Waals surface area contributed by atoms with Crippen LogP contribution >= 0.6 is 0 Å². The van der Waals surface area contributed by atoms with E-state index in [1.165, 1.54) is 0 Å². The van der Waals surface area contributed by atoms with E-state index >= 15 is 0 Å². The molecule has 2 heterocycles. The maximum absolute atomic E-state index is 12.7. The number of hydrogen-bond acceptors (Lipinski definition) is 5.